The second-order valence-electron chi connectivity index (χ2n) is 7.03. The lowest BCUT2D eigenvalue weighted by Gasteiger charge is -2.33. The van der Waals surface area contributed by atoms with Crippen LogP contribution >= 0.6 is 0 Å². The van der Waals surface area contributed by atoms with Gasteiger partial charge in [-0.05, 0) is 12.1 Å². The van der Waals surface area contributed by atoms with Gasteiger partial charge in [0.25, 0.3) is 0 Å². The van der Waals surface area contributed by atoms with E-state index in [1.807, 2.05) is 0 Å². The van der Waals surface area contributed by atoms with E-state index in [4.69, 9.17) is 9.47 Å². The van der Waals surface area contributed by atoms with Crippen molar-refractivity contribution in [3.05, 3.63) is 42.2 Å². The van der Waals surface area contributed by atoms with Gasteiger partial charge >= 0.3 is 0 Å². The topological polar surface area (TPSA) is 88.2 Å². The van der Waals surface area contributed by atoms with Gasteiger partial charge in [-0.25, -0.2) is 8.78 Å². The van der Waals surface area contributed by atoms with Crippen LogP contribution in [0.15, 0.2) is 30.6 Å². The summed E-state index contributed by atoms with van der Waals surface area (Å²) in [6, 6.07) is 3.96. The highest BCUT2D eigenvalue weighted by Gasteiger charge is 2.38. The van der Waals surface area contributed by atoms with E-state index < -0.39 is 11.6 Å². The Hall–Kier alpha value is -3.43. The Morgan fingerprint density at radius 3 is 2.90 bits per heavy atom. The van der Waals surface area contributed by atoms with Gasteiger partial charge in [0.2, 0.25) is 0 Å². The van der Waals surface area contributed by atoms with Crippen LogP contribution in [-0.2, 0) is 0 Å². The van der Waals surface area contributed by atoms with Gasteiger partial charge in [-0.1, -0.05) is 0 Å². The normalized spacial score (nSPS) is 20.0. The van der Waals surface area contributed by atoms with Gasteiger partial charge in [-0.3, -0.25) is 5.10 Å². The third-order valence-electron chi connectivity index (χ3n) is 5.23. The molecule has 1 aromatic carbocycles. The Morgan fingerprint density at radius 2 is 2.10 bits per heavy atom. The number of ether oxygens (including phenoxy) is 2. The number of hydrogen-bond donors (Lipinski definition) is 2. The molecule has 0 bridgehead atoms. The van der Waals surface area contributed by atoms with Crippen LogP contribution in [0.4, 0.5) is 20.3 Å². The fourth-order valence-electron chi connectivity index (χ4n) is 3.97. The molecule has 1 fully saturated rings. The predicted octanol–water partition coefficient (Wildman–Crippen LogP) is 2.61. The van der Waals surface area contributed by atoms with Crippen LogP contribution in [0, 0.1) is 11.6 Å². The van der Waals surface area contributed by atoms with E-state index in [2.05, 4.69) is 30.6 Å². The van der Waals surface area contributed by atoms with E-state index in [-0.39, 0.29) is 23.5 Å². The summed E-state index contributed by atoms with van der Waals surface area (Å²) in [5, 5.41) is 18.3. The first-order valence-electron chi connectivity index (χ1n) is 9.19. The van der Waals surface area contributed by atoms with Crippen molar-refractivity contribution in [2.75, 3.05) is 30.4 Å². The third-order valence-corrected chi connectivity index (χ3v) is 5.23. The average Bonchev–Trinajstić information content (AvgIpc) is 3.36. The third kappa shape index (κ3) is 3.10. The molecule has 2 atom stereocenters. The fourth-order valence-corrected chi connectivity index (χ4v) is 3.97. The van der Waals surface area contributed by atoms with Crippen molar-refractivity contribution in [3.8, 4) is 22.8 Å². The van der Waals surface area contributed by atoms with Crippen LogP contribution in [0.25, 0.3) is 11.3 Å². The quantitative estimate of drug-likeness (QED) is 0.696. The Balaban J connectivity index is 1.48. The molecule has 2 aliphatic rings. The van der Waals surface area contributed by atoms with Crippen LogP contribution in [-0.4, -0.2) is 52.7 Å². The van der Waals surface area contributed by atoms with Crippen molar-refractivity contribution < 1.29 is 18.3 Å². The molecule has 0 spiro atoms. The van der Waals surface area contributed by atoms with Gasteiger partial charge in [-0.15, -0.1) is 10.2 Å². The number of aromatic nitrogens is 4. The van der Waals surface area contributed by atoms with Crippen LogP contribution in [0.1, 0.15) is 6.42 Å². The monoisotopic (exact) mass is 400 g/mol. The molecule has 2 N–H and O–H groups in total. The average molecular weight is 400 g/mol. The molecule has 0 saturated carbocycles. The fraction of sp³-hybridized carbons (Fsp3) is 0.316. The maximum Gasteiger partial charge on any atom is 0.172 e. The van der Waals surface area contributed by atoms with Crippen LogP contribution < -0.4 is 19.7 Å². The zero-order chi connectivity index (χ0) is 20.0. The largest absolute Gasteiger partial charge is 0.493 e. The molecule has 4 heterocycles. The molecule has 150 valence electrons. The predicted molar refractivity (Wildman–Crippen MR) is 101 cm³/mol. The molecule has 10 heteroatoms. The van der Waals surface area contributed by atoms with E-state index in [1.165, 1.54) is 13.2 Å². The number of nitrogens with zero attached hydrogens (tertiary/aromatic N) is 4. The molecule has 0 radical (unpaired) electrons. The highest BCUT2D eigenvalue weighted by Crippen LogP contribution is 2.39. The van der Waals surface area contributed by atoms with Crippen molar-refractivity contribution in [1.82, 2.24) is 20.4 Å². The first-order chi connectivity index (χ1) is 14.1. The molecule has 5 rings (SSSR count). The molecule has 2 aliphatic heterocycles. The van der Waals surface area contributed by atoms with E-state index in [0.717, 1.165) is 18.2 Å². The smallest absolute Gasteiger partial charge is 0.172 e. The zero-order valence-corrected chi connectivity index (χ0v) is 15.5. The minimum absolute atomic E-state index is 0.0110. The Morgan fingerprint density at radius 1 is 1.21 bits per heavy atom. The van der Waals surface area contributed by atoms with Crippen LogP contribution in [0.3, 0.4) is 0 Å². The SMILES string of the molecule is COc1c(F)cc(F)cc1-c1cc2c(nn1)NC[C@H]1C[C@@H](Oc3cn[nH]c3)CN21. The number of rotatable bonds is 4. The van der Waals surface area contributed by atoms with E-state index >= 15 is 0 Å². The van der Waals surface area contributed by atoms with Gasteiger partial charge in [0.05, 0.1) is 49.0 Å². The van der Waals surface area contributed by atoms with Gasteiger partial charge in [-0.2, -0.15) is 5.10 Å². The van der Waals surface area contributed by atoms with Crippen molar-refractivity contribution in [1.29, 1.82) is 0 Å². The highest BCUT2D eigenvalue weighted by atomic mass is 19.1. The Labute approximate surface area is 164 Å². The molecule has 0 aliphatic carbocycles. The van der Waals surface area contributed by atoms with E-state index in [1.54, 1.807) is 18.5 Å². The summed E-state index contributed by atoms with van der Waals surface area (Å²) < 4.78 is 39.1. The zero-order valence-electron chi connectivity index (χ0n) is 15.5. The van der Waals surface area contributed by atoms with Crippen LogP contribution in [0.5, 0.6) is 11.5 Å². The number of aromatic amines is 1. The van der Waals surface area contributed by atoms with Gasteiger partial charge in [0.1, 0.15) is 11.9 Å². The number of nitrogens with one attached hydrogen (secondary N) is 2. The summed E-state index contributed by atoms with van der Waals surface area (Å²) >= 11 is 0. The molecule has 3 aromatic rings. The standard InChI is InChI=1S/C19H18F2N6O2/c1-28-18-14(2-10(20)3-15(18)21)16-5-17-19(26-25-16)22-6-11-4-12(9-27(11)17)29-13-7-23-24-8-13/h2-3,5,7-8,11-12H,4,6,9H2,1H3,(H,22,26)(H,23,24)/t11-,12-/m1/s1. The first-order valence-corrected chi connectivity index (χ1v) is 9.19. The number of hydrogen-bond acceptors (Lipinski definition) is 7. The molecular weight excluding hydrogens is 382 g/mol. The van der Waals surface area contributed by atoms with E-state index in [0.29, 0.717) is 30.4 Å². The van der Waals surface area contributed by atoms with Crippen LogP contribution in [0.2, 0.25) is 0 Å². The second-order valence-corrected chi connectivity index (χ2v) is 7.03. The summed E-state index contributed by atoms with van der Waals surface area (Å²) in [4.78, 5) is 2.19. The summed E-state index contributed by atoms with van der Waals surface area (Å²) in [6.07, 6.45) is 4.16. The number of H-pyrrole nitrogens is 1. The van der Waals surface area contributed by atoms with Crippen molar-refractivity contribution >= 4 is 11.5 Å². The number of fused-ring (bicyclic) bond motifs is 3. The maximum absolute atomic E-state index is 14.1. The number of benzene rings is 1. The Kier molecular flexibility index (Phi) is 4.18. The molecule has 2 aromatic heterocycles. The molecule has 1 saturated heterocycles. The maximum atomic E-state index is 14.1. The van der Waals surface area contributed by atoms with Gasteiger partial charge < -0.3 is 19.7 Å². The molecular formula is C19H18F2N6O2. The second kappa shape index (κ2) is 6.87. The lowest BCUT2D eigenvalue weighted by Crippen LogP contribution is -2.40. The lowest BCUT2D eigenvalue weighted by atomic mass is 10.1. The van der Waals surface area contributed by atoms with Gasteiger partial charge in [0.15, 0.2) is 23.1 Å². The minimum Gasteiger partial charge on any atom is -0.493 e. The van der Waals surface area contributed by atoms with Crippen molar-refractivity contribution in [2.45, 2.75) is 18.6 Å². The molecule has 0 amide bonds. The summed E-state index contributed by atoms with van der Waals surface area (Å²) in [7, 11) is 1.33. The molecule has 0 unspecified atom stereocenters. The lowest BCUT2D eigenvalue weighted by molar-refractivity contribution is 0.221. The summed E-state index contributed by atoms with van der Waals surface area (Å²) in [6.45, 7) is 1.37. The number of halogens is 2. The molecule has 29 heavy (non-hydrogen) atoms. The van der Waals surface area contributed by atoms with E-state index in [9.17, 15) is 8.78 Å². The number of anilines is 2. The van der Waals surface area contributed by atoms with Gasteiger partial charge in [0, 0.05) is 19.0 Å². The highest BCUT2D eigenvalue weighted by molar-refractivity contribution is 5.77. The summed E-state index contributed by atoms with van der Waals surface area (Å²) in [5.74, 6) is -0.235. The van der Waals surface area contributed by atoms with Crippen molar-refractivity contribution in [3.63, 3.8) is 0 Å². The first kappa shape index (κ1) is 17.7. The Bertz CT molecular complexity index is 1050. The minimum atomic E-state index is -0.784. The van der Waals surface area contributed by atoms with Crippen molar-refractivity contribution in [2.24, 2.45) is 0 Å². The molecule has 8 nitrogen and oxygen atoms in total. The summed E-state index contributed by atoms with van der Waals surface area (Å²) in [5.41, 5.74) is 1.37. The number of methoxy groups -OCH3 is 1.